The normalized spacial score (nSPS) is 14.5. The first-order chi connectivity index (χ1) is 9.02. The van der Waals surface area contributed by atoms with Gasteiger partial charge >= 0.3 is 0 Å². The van der Waals surface area contributed by atoms with Crippen molar-refractivity contribution in [3.63, 3.8) is 0 Å². The lowest BCUT2D eigenvalue weighted by Gasteiger charge is -2.12. The first kappa shape index (κ1) is 13.6. The van der Waals surface area contributed by atoms with Gasteiger partial charge in [-0.15, -0.1) is 0 Å². The minimum atomic E-state index is -2.18. The molecule has 19 heavy (non-hydrogen) atoms. The Morgan fingerprint density at radius 1 is 1.21 bits per heavy atom. The van der Waals surface area contributed by atoms with E-state index in [2.05, 4.69) is 9.97 Å². The monoisotopic (exact) mass is 270 g/mol. The molecule has 1 heterocycles. The van der Waals surface area contributed by atoms with Crippen LogP contribution in [0.4, 0.5) is 13.2 Å². The molecule has 0 radical (unpaired) electrons. The lowest BCUT2D eigenvalue weighted by molar-refractivity contribution is 0.136. The molecule has 0 bridgehead atoms. The minimum absolute atomic E-state index is 0.102. The van der Waals surface area contributed by atoms with Crippen molar-refractivity contribution in [2.24, 2.45) is 0 Å². The molecule has 2 aromatic rings. The Kier molecular flexibility index (Phi) is 3.87. The molecule has 6 heteroatoms. The number of phenols is 1. The number of rotatable bonds is 4. The van der Waals surface area contributed by atoms with Gasteiger partial charge in [0.1, 0.15) is 24.4 Å². The Balaban J connectivity index is 2.47. The van der Waals surface area contributed by atoms with Gasteiger partial charge in [0, 0.05) is 6.42 Å². The number of halogens is 3. The number of benzene rings is 1. The van der Waals surface area contributed by atoms with Crippen LogP contribution in [0.15, 0.2) is 18.2 Å². The summed E-state index contributed by atoms with van der Waals surface area (Å²) in [4.78, 5) is 8.13. The zero-order valence-electron chi connectivity index (χ0n) is 10.3. The summed E-state index contributed by atoms with van der Waals surface area (Å²) in [7, 11) is 0. The van der Waals surface area contributed by atoms with Crippen LogP contribution in [0.2, 0.25) is 0 Å². The highest BCUT2D eigenvalue weighted by Gasteiger charge is 2.23. The van der Waals surface area contributed by atoms with Crippen LogP contribution in [0.5, 0.6) is 5.75 Å². The molecule has 102 valence electrons. The largest absolute Gasteiger partial charge is 0.507 e. The van der Waals surface area contributed by atoms with Crippen molar-refractivity contribution in [3.8, 4) is 5.75 Å². The average Bonchev–Trinajstić information content (AvgIpc) is 2.37. The van der Waals surface area contributed by atoms with Gasteiger partial charge < -0.3 is 5.11 Å². The summed E-state index contributed by atoms with van der Waals surface area (Å²) in [6.07, 6.45) is -4.58. The molecule has 0 saturated carbocycles. The summed E-state index contributed by atoms with van der Waals surface area (Å²) >= 11 is 0. The molecule has 0 saturated heterocycles. The van der Waals surface area contributed by atoms with Gasteiger partial charge in [-0.2, -0.15) is 0 Å². The summed E-state index contributed by atoms with van der Waals surface area (Å²) < 4.78 is 38.6. The summed E-state index contributed by atoms with van der Waals surface area (Å²) in [5, 5.41) is 10.1. The topological polar surface area (TPSA) is 46.0 Å². The maximum atomic E-state index is 13.5. The number of hydrogen-bond donors (Lipinski definition) is 1. The molecule has 0 amide bonds. The maximum absolute atomic E-state index is 13.5. The molecule has 0 aliphatic carbocycles. The van der Waals surface area contributed by atoms with Crippen molar-refractivity contribution in [1.82, 2.24) is 9.97 Å². The number of aromatic hydroxyl groups is 1. The molecule has 2 rings (SSSR count). The Labute approximate surface area is 108 Å². The van der Waals surface area contributed by atoms with Crippen molar-refractivity contribution >= 4 is 10.9 Å². The van der Waals surface area contributed by atoms with Crippen LogP contribution in [0, 0.1) is 6.92 Å². The molecule has 2 unspecified atom stereocenters. The quantitative estimate of drug-likeness (QED) is 0.929. The Morgan fingerprint density at radius 3 is 2.63 bits per heavy atom. The van der Waals surface area contributed by atoms with Crippen LogP contribution in [0.1, 0.15) is 11.5 Å². The summed E-state index contributed by atoms with van der Waals surface area (Å²) in [5.74, 6) is 0.284. The summed E-state index contributed by atoms with van der Waals surface area (Å²) in [6.45, 7) is 0.234. The van der Waals surface area contributed by atoms with Crippen molar-refractivity contribution in [2.45, 2.75) is 25.7 Å². The fourth-order valence-electron chi connectivity index (χ4n) is 1.92. The fraction of sp³-hybridized carbons (Fsp3) is 0.385. The molecule has 1 aromatic heterocycles. The average molecular weight is 270 g/mol. The molecule has 0 fully saturated rings. The second kappa shape index (κ2) is 5.42. The Hall–Kier alpha value is -1.85. The molecule has 0 spiro atoms. The summed E-state index contributed by atoms with van der Waals surface area (Å²) in [5.41, 5.74) is 0.634. The molecular weight excluding hydrogens is 257 g/mol. The van der Waals surface area contributed by atoms with Gasteiger partial charge in [0.05, 0.1) is 16.6 Å². The zero-order valence-corrected chi connectivity index (χ0v) is 10.3. The minimum Gasteiger partial charge on any atom is -0.507 e. The smallest absolute Gasteiger partial charge is 0.160 e. The Bertz CT molecular complexity index is 591. The highest BCUT2D eigenvalue weighted by Crippen LogP contribution is 2.27. The van der Waals surface area contributed by atoms with E-state index in [1.165, 1.54) is 6.07 Å². The SMILES string of the molecule is Cc1nc(CC(F)C(F)CF)c2c(O)cccc2n1. The van der Waals surface area contributed by atoms with Gasteiger partial charge in [-0.1, -0.05) is 6.07 Å². The van der Waals surface area contributed by atoms with Gasteiger partial charge in [0.25, 0.3) is 0 Å². The predicted molar refractivity (Wildman–Crippen MR) is 65.4 cm³/mol. The number of fused-ring (bicyclic) bond motifs is 1. The van der Waals surface area contributed by atoms with E-state index in [0.717, 1.165) is 0 Å². The standard InChI is InChI=1S/C13H13F3N2O/c1-7-17-10-3-2-4-12(19)13(10)11(18-7)5-8(15)9(16)6-14/h2-4,8-9,19H,5-6H2,1H3. The molecule has 0 aliphatic heterocycles. The van der Waals surface area contributed by atoms with Crippen LogP contribution >= 0.6 is 0 Å². The maximum Gasteiger partial charge on any atom is 0.160 e. The van der Waals surface area contributed by atoms with Crippen LogP contribution in [0.25, 0.3) is 10.9 Å². The lowest BCUT2D eigenvalue weighted by Crippen LogP contribution is -2.22. The van der Waals surface area contributed by atoms with E-state index in [4.69, 9.17) is 0 Å². The third-order valence-electron chi connectivity index (χ3n) is 2.82. The van der Waals surface area contributed by atoms with Gasteiger partial charge in [0.2, 0.25) is 0 Å². The van der Waals surface area contributed by atoms with E-state index in [9.17, 15) is 18.3 Å². The van der Waals surface area contributed by atoms with E-state index in [1.807, 2.05) is 0 Å². The number of alkyl halides is 3. The van der Waals surface area contributed by atoms with E-state index in [0.29, 0.717) is 11.3 Å². The summed E-state index contributed by atoms with van der Waals surface area (Å²) in [6, 6.07) is 4.66. The lowest BCUT2D eigenvalue weighted by atomic mass is 10.1. The van der Waals surface area contributed by atoms with Crippen LogP contribution in [-0.4, -0.2) is 34.1 Å². The van der Waals surface area contributed by atoms with Gasteiger partial charge in [0.15, 0.2) is 6.17 Å². The van der Waals surface area contributed by atoms with Crippen molar-refractivity contribution in [3.05, 3.63) is 29.7 Å². The third kappa shape index (κ3) is 2.77. The first-order valence-corrected chi connectivity index (χ1v) is 5.82. The number of aromatic nitrogens is 2. The van der Waals surface area contributed by atoms with E-state index in [-0.39, 0.29) is 16.8 Å². The second-order valence-electron chi connectivity index (χ2n) is 4.28. The highest BCUT2D eigenvalue weighted by molar-refractivity contribution is 5.87. The van der Waals surface area contributed by atoms with Gasteiger partial charge in [-0.3, -0.25) is 0 Å². The van der Waals surface area contributed by atoms with E-state index >= 15 is 0 Å². The Morgan fingerprint density at radius 2 is 1.95 bits per heavy atom. The van der Waals surface area contributed by atoms with E-state index < -0.39 is 25.4 Å². The zero-order chi connectivity index (χ0) is 14.0. The van der Waals surface area contributed by atoms with E-state index in [1.54, 1.807) is 19.1 Å². The number of phenolic OH excluding ortho intramolecular Hbond substituents is 1. The fourth-order valence-corrected chi connectivity index (χ4v) is 1.92. The van der Waals surface area contributed by atoms with Gasteiger partial charge in [-0.25, -0.2) is 23.1 Å². The number of nitrogens with zero attached hydrogens (tertiary/aromatic N) is 2. The van der Waals surface area contributed by atoms with Crippen LogP contribution in [0.3, 0.4) is 0 Å². The van der Waals surface area contributed by atoms with Gasteiger partial charge in [-0.05, 0) is 19.1 Å². The molecule has 0 aliphatic rings. The van der Waals surface area contributed by atoms with Crippen LogP contribution < -0.4 is 0 Å². The third-order valence-corrected chi connectivity index (χ3v) is 2.82. The van der Waals surface area contributed by atoms with Crippen molar-refractivity contribution in [2.75, 3.05) is 6.67 Å². The van der Waals surface area contributed by atoms with Crippen molar-refractivity contribution < 1.29 is 18.3 Å². The van der Waals surface area contributed by atoms with Crippen LogP contribution in [-0.2, 0) is 6.42 Å². The molecular formula is C13H13F3N2O. The molecule has 3 nitrogen and oxygen atoms in total. The second-order valence-corrected chi connectivity index (χ2v) is 4.28. The molecule has 1 aromatic carbocycles. The number of aryl methyl sites for hydroxylation is 1. The first-order valence-electron chi connectivity index (χ1n) is 5.82. The molecule has 1 N–H and O–H groups in total. The molecule has 2 atom stereocenters. The van der Waals surface area contributed by atoms with Crippen molar-refractivity contribution in [1.29, 1.82) is 0 Å². The predicted octanol–water partition coefficient (Wildman–Crippen LogP) is 2.83. The number of hydrogen-bond acceptors (Lipinski definition) is 3. The highest BCUT2D eigenvalue weighted by atomic mass is 19.2.